The number of hydrogen-bond acceptors (Lipinski definition) is 4. The SMILES string of the molecule is COCCOCC(=O)NC1CC(OC)C1(C)C. The van der Waals surface area contributed by atoms with Crippen molar-refractivity contribution in [2.45, 2.75) is 32.4 Å². The molecular formula is C12H23NO4. The number of nitrogens with one attached hydrogen (secondary N) is 1. The molecule has 1 fully saturated rings. The highest BCUT2D eigenvalue weighted by molar-refractivity contribution is 5.77. The quantitative estimate of drug-likeness (QED) is 0.667. The summed E-state index contributed by atoms with van der Waals surface area (Å²) in [5.74, 6) is -0.0752. The Kier molecular flexibility index (Phi) is 5.36. The summed E-state index contributed by atoms with van der Waals surface area (Å²) in [6, 6.07) is 0.172. The second kappa shape index (κ2) is 6.33. The number of ether oxygens (including phenoxy) is 3. The van der Waals surface area contributed by atoms with Gasteiger partial charge in [0, 0.05) is 25.7 Å². The zero-order valence-electron chi connectivity index (χ0n) is 11.1. The number of amides is 1. The maximum Gasteiger partial charge on any atom is 0.246 e. The average Bonchev–Trinajstić information content (AvgIpc) is 2.29. The predicted octanol–water partition coefficient (Wildman–Crippen LogP) is 0.579. The van der Waals surface area contributed by atoms with Gasteiger partial charge in [0.25, 0.3) is 0 Å². The van der Waals surface area contributed by atoms with E-state index in [1.54, 1.807) is 14.2 Å². The van der Waals surface area contributed by atoms with E-state index in [0.717, 1.165) is 6.42 Å². The van der Waals surface area contributed by atoms with E-state index in [9.17, 15) is 4.79 Å². The van der Waals surface area contributed by atoms with Crippen LogP contribution in [0.3, 0.4) is 0 Å². The molecule has 17 heavy (non-hydrogen) atoms. The van der Waals surface area contributed by atoms with Crippen LogP contribution in [0.4, 0.5) is 0 Å². The molecule has 5 nitrogen and oxygen atoms in total. The fourth-order valence-electron chi connectivity index (χ4n) is 2.07. The molecule has 0 heterocycles. The Labute approximate surface area is 103 Å². The van der Waals surface area contributed by atoms with Crippen LogP contribution >= 0.6 is 0 Å². The van der Waals surface area contributed by atoms with E-state index in [4.69, 9.17) is 14.2 Å². The standard InChI is InChI=1S/C12H23NO4/c1-12(2)9(7-10(12)16-4)13-11(14)8-17-6-5-15-3/h9-10H,5-8H2,1-4H3,(H,13,14). The number of hydrogen-bond donors (Lipinski definition) is 1. The molecule has 1 amide bonds. The summed E-state index contributed by atoms with van der Waals surface area (Å²) in [6.45, 7) is 5.24. The second-order valence-electron chi connectivity index (χ2n) is 4.95. The topological polar surface area (TPSA) is 56.8 Å². The van der Waals surface area contributed by atoms with Crippen LogP contribution in [0.1, 0.15) is 20.3 Å². The van der Waals surface area contributed by atoms with Crippen LogP contribution in [0, 0.1) is 5.41 Å². The molecule has 0 radical (unpaired) electrons. The van der Waals surface area contributed by atoms with Gasteiger partial charge < -0.3 is 19.5 Å². The molecule has 1 saturated carbocycles. The molecule has 1 N–H and O–H groups in total. The van der Waals surface area contributed by atoms with Gasteiger partial charge in [0.2, 0.25) is 5.91 Å². The van der Waals surface area contributed by atoms with E-state index < -0.39 is 0 Å². The van der Waals surface area contributed by atoms with Crippen LogP contribution in [0.25, 0.3) is 0 Å². The third kappa shape index (κ3) is 3.66. The minimum absolute atomic E-state index is 0.00304. The van der Waals surface area contributed by atoms with Crippen LogP contribution in [0.2, 0.25) is 0 Å². The third-order valence-corrected chi connectivity index (χ3v) is 3.46. The highest BCUT2D eigenvalue weighted by Crippen LogP contribution is 2.42. The van der Waals surface area contributed by atoms with Gasteiger partial charge >= 0.3 is 0 Å². The normalized spacial score (nSPS) is 26.4. The van der Waals surface area contributed by atoms with Crippen molar-refractivity contribution in [1.82, 2.24) is 5.32 Å². The molecule has 5 heteroatoms. The zero-order chi connectivity index (χ0) is 12.9. The molecule has 0 bridgehead atoms. The fourth-order valence-corrected chi connectivity index (χ4v) is 2.07. The van der Waals surface area contributed by atoms with E-state index in [2.05, 4.69) is 19.2 Å². The Morgan fingerprint density at radius 1 is 1.35 bits per heavy atom. The Hall–Kier alpha value is -0.650. The largest absolute Gasteiger partial charge is 0.382 e. The van der Waals surface area contributed by atoms with Gasteiger partial charge in [-0.25, -0.2) is 0 Å². The van der Waals surface area contributed by atoms with Crippen molar-refractivity contribution in [3.63, 3.8) is 0 Å². The Balaban J connectivity index is 2.20. The van der Waals surface area contributed by atoms with Gasteiger partial charge in [-0.15, -0.1) is 0 Å². The van der Waals surface area contributed by atoms with Gasteiger partial charge in [-0.2, -0.15) is 0 Å². The first-order valence-corrected chi connectivity index (χ1v) is 5.91. The van der Waals surface area contributed by atoms with Crippen LogP contribution in [0.5, 0.6) is 0 Å². The summed E-state index contributed by atoms with van der Waals surface area (Å²) < 4.78 is 15.3. The predicted molar refractivity (Wildman–Crippen MR) is 63.8 cm³/mol. The smallest absolute Gasteiger partial charge is 0.246 e. The lowest BCUT2D eigenvalue weighted by atomic mass is 9.64. The first kappa shape index (κ1) is 14.4. The zero-order valence-corrected chi connectivity index (χ0v) is 11.1. The monoisotopic (exact) mass is 245 g/mol. The lowest BCUT2D eigenvalue weighted by Gasteiger charge is -2.51. The molecular weight excluding hydrogens is 222 g/mol. The molecule has 1 aliphatic carbocycles. The van der Waals surface area contributed by atoms with Gasteiger partial charge in [-0.1, -0.05) is 13.8 Å². The number of carbonyl (C=O) groups is 1. The minimum Gasteiger partial charge on any atom is -0.382 e. The number of rotatable bonds is 7. The Bertz CT molecular complexity index is 255. The number of methoxy groups -OCH3 is 2. The van der Waals surface area contributed by atoms with E-state index in [0.29, 0.717) is 13.2 Å². The summed E-state index contributed by atoms with van der Waals surface area (Å²) in [7, 11) is 3.31. The minimum atomic E-state index is -0.0752. The van der Waals surface area contributed by atoms with Gasteiger partial charge in [0.05, 0.1) is 19.3 Å². The molecule has 0 aromatic heterocycles. The summed E-state index contributed by atoms with van der Waals surface area (Å²) >= 11 is 0. The van der Waals surface area contributed by atoms with Crippen LogP contribution in [-0.2, 0) is 19.0 Å². The molecule has 0 saturated heterocycles. The molecule has 100 valence electrons. The third-order valence-electron chi connectivity index (χ3n) is 3.46. The van der Waals surface area contributed by atoms with Gasteiger partial charge in [0.1, 0.15) is 6.61 Å². The molecule has 0 aliphatic heterocycles. The molecule has 1 rings (SSSR count). The molecule has 2 atom stereocenters. The lowest BCUT2D eigenvalue weighted by molar-refractivity contribution is -0.137. The second-order valence-corrected chi connectivity index (χ2v) is 4.95. The Morgan fingerprint density at radius 3 is 2.59 bits per heavy atom. The van der Waals surface area contributed by atoms with E-state index >= 15 is 0 Å². The molecule has 0 spiro atoms. The summed E-state index contributed by atoms with van der Waals surface area (Å²) in [5, 5.41) is 2.96. The van der Waals surface area contributed by atoms with Crippen molar-refractivity contribution in [1.29, 1.82) is 0 Å². The van der Waals surface area contributed by atoms with Crippen LogP contribution in [-0.4, -0.2) is 52.1 Å². The van der Waals surface area contributed by atoms with Crippen molar-refractivity contribution < 1.29 is 19.0 Å². The van der Waals surface area contributed by atoms with Crippen LogP contribution in [0.15, 0.2) is 0 Å². The molecule has 0 aromatic rings. The van der Waals surface area contributed by atoms with Crippen LogP contribution < -0.4 is 5.32 Å². The summed E-state index contributed by atoms with van der Waals surface area (Å²) in [6.07, 6.45) is 1.09. The average molecular weight is 245 g/mol. The fraction of sp³-hybridized carbons (Fsp3) is 0.917. The molecule has 2 unspecified atom stereocenters. The summed E-state index contributed by atoms with van der Waals surface area (Å²) in [4.78, 5) is 11.6. The van der Waals surface area contributed by atoms with Gasteiger partial charge in [0.15, 0.2) is 0 Å². The maximum absolute atomic E-state index is 11.6. The Morgan fingerprint density at radius 2 is 2.06 bits per heavy atom. The van der Waals surface area contributed by atoms with Gasteiger partial charge in [-0.3, -0.25) is 4.79 Å². The van der Waals surface area contributed by atoms with E-state index in [-0.39, 0.29) is 30.1 Å². The number of carbonyl (C=O) groups excluding carboxylic acids is 1. The highest BCUT2D eigenvalue weighted by atomic mass is 16.5. The van der Waals surface area contributed by atoms with Crippen molar-refractivity contribution in [2.24, 2.45) is 5.41 Å². The summed E-state index contributed by atoms with van der Waals surface area (Å²) in [5.41, 5.74) is -0.00304. The van der Waals surface area contributed by atoms with E-state index in [1.165, 1.54) is 0 Å². The van der Waals surface area contributed by atoms with Crippen molar-refractivity contribution in [3.05, 3.63) is 0 Å². The maximum atomic E-state index is 11.6. The van der Waals surface area contributed by atoms with Crippen molar-refractivity contribution in [2.75, 3.05) is 34.0 Å². The molecule has 1 aliphatic rings. The van der Waals surface area contributed by atoms with E-state index in [1.807, 2.05) is 0 Å². The highest BCUT2D eigenvalue weighted by Gasteiger charge is 2.49. The molecule has 0 aromatic carbocycles. The first-order valence-electron chi connectivity index (χ1n) is 5.91. The lowest BCUT2D eigenvalue weighted by Crippen LogP contribution is -2.62. The van der Waals surface area contributed by atoms with Crippen molar-refractivity contribution in [3.8, 4) is 0 Å². The van der Waals surface area contributed by atoms with Crippen molar-refractivity contribution >= 4 is 5.91 Å². The first-order chi connectivity index (χ1) is 8.02. The van der Waals surface area contributed by atoms with Gasteiger partial charge in [-0.05, 0) is 6.42 Å².